The van der Waals surface area contributed by atoms with E-state index in [1.165, 1.54) is 0 Å². The molecule has 0 bridgehead atoms. The van der Waals surface area contributed by atoms with Gasteiger partial charge >= 0.3 is 0 Å². The van der Waals surface area contributed by atoms with Gasteiger partial charge in [0.1, 0.15) is 25.4 Å². The van der Waals surface area contributed by atoms with Gasteiger partial charge in [-0.25, -0.2) is 15.4 Å². The predicted octanol–water partition coefficient (Wildman–Crippen LogP) is 1.15. The van der Waals surface area contributed by atoms with Gasteiger partial charge in [0.15, 0.2) is 11.5 Å². The van der Waals surface area contributed by atoms with Crippen LogP contribution < -0.4 is 31.4 Å². The topological polar surface area (TPSA) is 126 Å². The summed E-state index contributed by atoms with van der Waals surface area (Å²) in [6, 6.07) is 3.83. The van der Waals surface area contributed by atoms with Crippen LogP contribution in [0.4, 0.5) is 5.82 Å². The Hall–Kier alpha value is -3.34. The average molecular weight is 458 g/mol. The van der Waals surface area contributed by atoms with Crippen LogP contribution >= 0.6 is 0 Å². The molecule has 2 aromatic rings. The Morgan fingerprint density at radius 2 is 1.82 bits per heavy atom. The number of fused-ring (bicyclic) bond motifs is 1. The first kappa shape index (κ1) is 24.3. The molecule has 6 N–H and O–H groups in total. The third-order valence-corrected chi connectivity index (χ3v) is 5.06. The highest BCUT2D eigenvalue weighted by atomic mass is 16.5. The summed E-state index contributed by atoms with van der Waals surface area (Å²) < 4.78 is 22.0. The van der Waals surface area contributed by atoms with E-state index < -0.39 is 0 Å². The number of ether oxygens (including phenoxy) is 4. The van der Waals surface area contributed by atoms with Crippen LogP contribution in [0.1, 0.15) is 6.42 Å². The Morgan fingerprint density at radius 1 is 1.09 bits per heavy atom. The number of hydrogen-bond donors (Lipinski definition) is 4. The Balaban J connectivity index is 1.85. The average Bonchev–Trinajstić information content (AvgIpc) is 2.83. The van der Waals surface area contributed by atoms with Crippen LogP contribution in [0, 0.1) is 0 Å². The predicted molar refractivity (Wildman–Crippen MR) is 127 cm³/mol. The van der Waals surface area contributed by atoms with Gasteiger partial charge in [-0.1, -0.05) is 18.2 Å². The molecule has 0 saturated carbocycles. The molecule has 0 aliphatic heterocycles. The summed E-state index contributed by atoms with van der Waals surface area (Å²) in [5.41, 5.74) is 5.73. The highest BCUT2D eigenvalue weighted by Gasteiger charge is 2.18. The molecule has 3 rings (SSSR count). The number of nitrogens with zero attached hydrogens (tertiary/aromatic N) is 2. The minimum absolute atomic E-state index is 0.0557. The number of rotatable bonds is 13. The van der Waals surface area contributed by atoms with Gasteiger partial charge in [0.25, 0.3) is 0 Å². The number of nitrogens with one attached hydrogen (secondary N) is 3. The lowest BCUT2D eigenvalue weighted by Crippen LogP contribution is -2.62. The van der Waals surface area contributed by atoms with Gasteiger partial charge in [-0.15, -0.1) is 0 Å². The number of anilines is 1. The largest absolute Gasteiger partial charge is 0.487 e. The van der Waals surface area contributed by atoms with Gasteiger partial charge in [-0.3, -0.25) is 5.84 Å². The zero-order valence-electron chi connectivity index (χ0n) is 19.4. The van der Waals surface area contributed by atoms with Crippen LogP contribution in [0.3, 0.4) is 0 Å². The summed E-state index contributed by atoms with van der Waals surface area (Å²) >= 11 is 0. The molecule has 1 aromatic carbocycles. The maximum absolute atomic E-state index is 5.93. The van der Waals surface area contributed by atoms with Crippen LogP contribution in [0.5, 0.6) is 11.5 Å². The molecule has 10 nitrogen and oxygen atoms in total. The van der Waals surface area contributed by atoms with E-state index in [1.807, 2.05) is 31.5 Å². The lowest BCUT2D eigenvalue weighted by atomic mass is 9.98. The van der Waals surface area contributed by atoms with Crippen molar-refractivity contribution in [2.75, 3.05) is 53.0 Å². The van der Waals surface area contributed by atoms with Gasteiger partial charge in [0.2, 0.25) is 0 Å². The third-order valence-electron chi connectivity index (χ3n) is 5.06. The van der Waals surface area contributed by atoms with Gasteiger partial charge in [0.05, 0.1) is 36.7 Å². The zero-order chi connectivity index (χ0) is 23.5. The summed E-state index contributed by atoms with van der Waals surface area (Å²) in [6.07, 6.45) is 10.4. The van der Waals surface area contributed by atoms with Crippen LogP contribution in [0.2, 0.25) is 0 Å². The molecule has 1 heterocycles. The summed E-state index contributed by atoms with van der Waals surface area (Å²) in [5, 5.41) is 7.57. The van der Waals surface area contributed by atoms with Gasteiger partial charge in [-0.2, -0.15) is 0 Å². The second kappa shape index (κ2) is 12.6. The Labute approximate surface area is 193 Å². The summed E-state index contributed by atoms with van der Waals surface area (Å²) in [7, 11) is 5.16. The molecular formula is C23H33N6O4+. The Kier molecular flexibility index (Phi) is 9.31. The lowest BCUT2D eigenvalue weighted by Gasteiger charge is -2.22. The monoisotopic (exact) mass is 457 g/mol. The van der Waals surface area contributed by atoms with E-state index in [4.69, 9.17) is 18.9 Å². The number of methoxy groups -OCH3 is 2. The quantitative estimate of drug-likeness (QED) is 0.259. The van der Waals surface area contributed by atoms with Crippen molar-refractivity contribution in [3.8, 4) is 11.5 Å². The van der Waals surface area contributed by atoms with Gasteiger partial charge < -0.3 is 29.6 Å². The maximum atomic E-state index is 5.93. The van der Waals surface area contributed by atoms with Crippen molar-refractivity contribution in [2.45, 2.75) is 12.5 Å². The molecule has 1 aliphatic rings. The van der Waals surface area contributed by atoms with Crippen molar-refractivity contribution in [1.82, 2.24) is 20.7 Å². The van der Waals surface area contributed by atoms with Crippen molar-refractivity contribution >= 4 is 16.7 Å². The van der Waals surface area contributed by atoms with E-state index in [9.17, 15) is 0 Å². The highest BCUT2D eigenvalue weighted by Crippen LogP contribution is 2.35. The molecule has 1 aliphatic carbocycles. The first-order valence-electron chi connectivity index (χ1n) is 10.8. The SMILES string of the molecule is CNC(=CN[NH3+])C1=CC=CC(Nc2ncnc3cc(OCCOC)c(OCCOC)cc23)C1. The third kappa shape index (κ3) is 6.58. The molecule has 1 unspecified atom stereocenters. The normalized spacial score (nSPS) is 15.8. The standard InChI is InChI=1S/C23H32N6O4/c1-25-20(14-28-24)16-5-4-6-17(11-16)29-23-18-12-21(32-9-7-30-2)22(33-10-8-31-3)13-19(18)26-15-27-23/h4-6,12-15,17,25,28H,7-11,24H2,1-3H3,(H,26,27,29)/p+1. The molecule has 178 valence electrons. The molecule has 0 radical (unpaired) electrons. The van der Waals surface area contributed by atoms with Crippen molar-refractivity contribution in [1.29, 1.82) is 0 Å². The number of quaternary nitrogens is 1. The van der Waals surface area contributed by atoms with Crippen LogP contribution in [0.25, 0.3) is 10.9 Å². The lowest BCUT2D eigenvalue weighted by molar-refractivity contribution is -0.428. The molecule has 33 heavy (non-hydrogen) atoms. The Morgan fingerprint density at radius 3 is 2.48 bits per heavy atom. The van der Waals surface area contributed by atoms with Crippen molar-refractivity contribution < 1.29 is 24.8 Å². The van der Waals surface area contributed by atoms with E-state index in [0.29, 0.717) is 37.9 Å². The first-order valence-corrected chi connectivity index (χ1v) is 10.8. The summed E-state index contributed by atoms with van der Waals surface area (Å²) in [6.45, 7) is 1.75. The summed E-state index contributed by atoms with van der Waals surface area (Å²) in [5.74, 6) is 5.61. The minimum atomic E-state index is 0.0557. The molecular weight excluding hydrogens is 424 g/mol. The molecule has 0 saturated heterocycles. The zero-order valence-corrected chi connectivity index (χ0v) is 19.4. The first-order chi connectivity index (χ1) is 16.2. The molecule has 1 atom stereocenters. The van der Waals surface area contributed by atoms with E-state index in [-0.39, 0.29) is 6.04 Å². The van der Waals surface area contributed by atoms with E-state index >= 15 is 0 Å². The van der Waals surface area contributed by atoms with Crippen molar-refractivity contribution in [3.63, 3.8) is 0 Å². The van der Waals surface area contributed by atoms with Crippen LogP contribution in [-0.4, -0.2) is 63.7 Å². The van der Waals surface area contributed by atoms with Crippen molar-refractivity contribution in [3.05, 3.63) is 54.2 Å². The number of likely N-dealkylation sites (N-methyl/N-ethyl adjacent to an activating group) is 1. The summed E-state index contributed by atoms with van der Waals surface area (Å²) in [4.78, 5) is 8.94. The highest BCUT2D eigenvalue weighted by molar-refractivity contribution is 5.91. The van der Waals surface area contributed by atoms with Gasteiger partial charge in [-0.05, 0) is 18.1 Å². The second-order valence-corrected chi connectivity index (χ2v) is 7.26. The fraction of sp³-hybridized carbons (Fsp3) is 0.391. The maximum Gasteiger partial charge on any atom is 0.163 e. The number of hydrogen-bond acceptors (Lipinski definition) is 9. The van der Waals surface area contributed by atoms with Crippen LogP contribution in [-0.2, 0) is 9.47 Å². The Bertz CT molecular complexity index is 1010. The van der Waals surface area contributed by atoms with E-state index in [0.717, 1.165) is 34.4 Å². The fourth-order valence-electron chi connectivity index (χ4n) is 3.46. The molecule has 0 spiro atoms. The minimum Gasteiger partial charge on any atom is -0.487 e. The van der Waals surface area contributed by atoms with Crippen LogP contribution in [0.15, 0.2) is 54.2 Å². The van der Waals surface area contributed by atoms with E-state index in [2.05, 4.69) is 44.0 Å². The fourth-order valence-corrected chi connectivity index (χ4v) is 3.46. The second-order valence-electron chi connectivity index (χ2n) is 7.26. The molecule has 0 amide bonds. The van der Waals surface area contributed by atoms with Crippen molar-refractivity contribution in [2.24, 2.45) is 0 Å². The van der Waals surface area contributed by atoms with E-state index in [1.54, 1.807) is 20.5 Å². The number of allylic oxidation sites excluding steroid dienone is 3. The molecule has 10 heteroatoms. The molecule has 0 fully saturated rings. The molecule has 1 aromatic heterocycles. The number of benzene rings is 1. The smallest absolute Gasteiger partial charge is 0.163 e. The van der Waals surface area contributed by atoms with Gasteiger partial charge in [0, 0.05) is 32.7 Å². The number of aromatic nitrogens is 2.